The van der Waals surface area contributed by atoms with Crippen LogP contribution < -0.4 is 5.73 Å². The second-order valence-electron chi connectivity index (χ2n) is 4.46. The van der Waals surface area contributed by atoms with Gasteiger partial charge in [0.1, 0.15) is 12.2 Å². The zero-order valence-electron chi connectivity index (χ0n) is 9.65. The van der Waals surface area contributed by atoms with Crippen LogP contribution in [0.25, 0.3) is 0 Å². The van der Waals surface area contributed by atoms with Gasteiger partial charge in [-0.05, 0) is 19.8 Å². The summed E-state index contributed by atoms with van der Waals surface area (Å²) in [5.74, 6) is 0.830. The predicted octanol–water partition coefficient (Wildman–Crippen LogP) is 0.681. The Hall–Kier alpha value is -1.23. The van der Waals surface area contributed by atoms with Gasteiger partial charge < -0.3 is 5.73 Å². The molecule has 1 saturated carbocycles. The Morgan fingerprint density at radius 1 is 1.56 bits per heavy atom. The molecule has 0 aliphatic heterocycles. The highest BCUT2D eigenvalue weighted by Gasteiger charge is 2.36. The summed E-state index contributed by atoms with van der Waals surface area (Å²) in [6, 6.07) is 0. The Bertz CT molecular complexity index is 379. The van der Waals surface area contributed by atoms with Gasteiger partial charge in [-0.3, -0.25) is 4.79 Å². The molecule has 5 nitrogen and oxygen atoms in total. The summed E-state index contributed by atoms with van der Waals surface area (Å²) in [6.07, 6.45) is 5.54. The Morgan fingerprint density at radius 2 is 2.25 bits per heavy atom. The number of ketones is 1. The lowest BCUT2D eigenvalue weighted by atomic mass is 9.91. The molecule has 1 heterocycles. The molecule has 1 aromatic rings. The molecule has 16 heavy (non-hydrogen) atoms. The number of hydrogen-bond donors (Lipinski definition) is 1. The van der Waals surface area contributed by atoms with Crippen LogP contribution in [0.4, 0.5) is 0 Å². The summed E-state index contributed by atoms with van der Waals surface area (Å²) in [4.78, 5) is 16.2. The average molecular weight is 222 g/mol. The van der Waals surface area contributed by atoms with Crippen LogP contribution in [0.3, 0.4) is 0 Å². The van der Waals surface area contributed by atoms with Crippen molar-refractivity contribution < 1.29 is 4.79 Å². The molecule has 0 amide bonds. The largest absolute Gasteiger partial charge is 0.319 e. The van der Waals surface area contributed by atoms with E-state index in [0.717, 1.165) is 38.1 Å². The molecule has 0 aromatic carbocycles. The van der Waals surface area contributed by atoms with Gasteiger partial charge in [0.15, 0.2) is 5.78 Å². The van der Waals surface area contributed by atoms with Gasteiger partial charge in [-0.15, -0.1) is 0 Å². The first kappa shape index (κ1) is 11.3. The van der Waals surface area contributed by atoms with E-state index in [9.17, 15) is 4.79 Å². The van der Waals surface area contributed by atoms with Crippen LogP contribution >= 0.6 is 0 Å². The van der Waals surface area contributed by atoms with Gasteiger partial charge in [-0.2, -0.15) is 5.10 Å². The number of nitrogens with two attached hydrogens (primary N) is 1. The third-order valence-electron chi connectivity index (χ3n) is 3.37. The van der Waals surface area contributed by atoms with Crippen LogP contribution in [0, 0.1) is 0 Å². The zero-order chi connectivity index (χ0) is 11.6. The molecule has 1 fully saturated rings. The molecule has 0 unspecified atom stereocenters. The maximum atomic E-state index is 12.1. The molecule has 1 aliphatic rings. The number of carbonyl (C=O) groups excluding carboxylic acids is 1. The molecule has 1 aromatic heterocycles. The second kappa shape index (κ2) is 4.33. The number of nitrogens with zero attached hydrogens (tertiary/aromatic N) is 3. The minimum absolute atomic E-state index is 0.104. The fourth-order valence-electron chi connectivity index (χ4n) is 2.29. The van der Waals surface area contributed by atoms with Gasteiger partial charge in [0, 0.05) is 6.54 Å². The van der Waals surface area contributed by atoms with Crippen LogP contribution in [-0.2, 0) is 17.8 Å². The van der Waals surface area contributed by atoms with E-state index in [1.54, 1.807) is 4.68 Å². The summed E-state index contributed by atoms with van der Waals surface area (Å²) in [5.41, 5.74) is 5.50. The molecule has 2 N–H and O–H groups in total. The molecule has 0 bridgehead atoms. The Labute approximate surface area is 95.0 Å². The molecular formula is C11H18N4O. The lowest BCUT2D eigenvalue weighted by Gasteiger charge is -2.21. The summed E-state index contributed by atoms with van der Waals surface area (Å²) < 4.78 is 1.75. The molecule has 0 saturated heterocycles. The third-order valence-corrected chi connectivity index (χ3v) is 3.37. The molecule has 0 atom stereocenters. The van der Waals surface area contributed by atoms with Gasteiger partial charge >= 0.3 is 0 Å². The van der Waals surface area contributed by atoms with Crippen LogP contribution in [-0.4, -0.2) is 26.1 Å². The SMILES string of the molecule is CCn1ncnc1CC(=O)C1(N)CCCC1. The Morgan fingerprint density at radius 3 is 2.88 bits per heavy atom. The molecule has 0 spiro atoms. The highest BCUT2D eigenvalue weighted by atomic mass is 16.1. The van der Waals surface area contributed by atoms with Crippen molar-refractivity contribution in [3.63, 3.8) is 0 Å². The topological polar surface area (TPSA) is 73.8 Å². The van der Waals surface area contributed by atoms with Crippen molar-refractivity contribution in [2.24, 2.45) is 5.73 Å². The number of aryl methyl sites for hydroxylation is 1. The fourth-order valence-corrected chi connectivity index (χ4v) is 2.29. The van der Waals surface area contributed by atoms with Crippen molar-refractivity contribution in [3.05, 3.63) is 12.2 Å². The van der Waals surface area contributed by atoms with Crippen LogP contribution in [0.2, 0.25) is 0 Å². The lowest BCUT2D eigenvalue weighted by Crippen LogP contribution is -2.46. The zero-order valence-corrected chi connectivity index (χ0v) is 9.65. The van der Waals surface area contributed by atoms with E-state index in [1.807, 2.05) is 6.92 Å². The quantitative estimate of drug-likeness (QED) is 0.813. The van der Waals surface area contributed by atoms with E-state index in [1.165, 1.54) is 6.33 Å². The van der Waals surface area contributed by atoms with Crippen LogP contribution in [0.5, 0.6) is 0 Å². The molecule has 5 heteroatoms. The van der Waals surface area contributed by atoms with Gasteiger partial charge in [0.2, 0.25) is 0 Å². The minimum atomic E-state index is -0.607. The third kappa shape index (κ3) is 2.00. The number of Topliss-reactive ketones (excluding diaryl/α,β-unsaturated/α-hetero) is 1. The lowest BCUT2D eigenvalue weighted by molar-refractivity contribution is -0.123. The van der Waals surface area contributed by atoms with Gasteiger partial charge in [0.05, 0.1) is 12.0 Å². The highest BCUT2D eigenvalue weighted by molar-refractivity contribution is 5.89. The van der Waals surface area contributed by atoms with E-state index < -0.39 is 5.54 Å². The predicted molar refractivity (Wildman–Crippen MR) is 59.8 cm³/mol. The Balaban J connectivity index is 2.07. The van der Waals surface area contributed by atoms with Crippen LogP contribution in [0.1, 0.15) is 38.4 Å². The molecule has 0 radical (unpaired) electrons. The van der Waals surface area contributed by atoms with Crippen molar-refractivity contribution >= 4 is 5.78 Å². The van der Waals surface area contributed by atoms with Crippen molar-refractivity contribution in [2.45, 2.75) is 51.1 Å². The van der Waals surface area contributed by atoms with E-state index in [-0.39, 0.29) is 5.78 Å². The smallest absolute Gasteiger partial charge is 0.160 e. The van der Waals surface area contributed by atoms with E-state index in [0.29, 0.717) is 6.42 Å². The van der Waals surface area contributed by atoms with Crippen molar-refractivity contribution in [3.8, 4) is 0 Å². The first-order valence-electron chi connectivity index (χ1n) is 5.84. The van der Waals surface area contributed by atoms with Gasteiger partial charge in [0.25, 0.3) is 0 Å². The van der Waals surface area contributed by atoms with Gasteiger partial charge in [-0.25, -0.2) is 9.67 Å². The monoisotopic (exact) mass is 222 g/mol. The van der Waals surface area contributed by atoms with E-state index >= 15 is 0 Å². The summed E-state index contributed by atoms with van der Waals surface area (Å²) >= 11 is 0. The maximum Gasteiger partial charge on any atom is 0.160 e. The Kier molecular flexibility index (Phi) is 3.05. The summed E-state index contributed by atoms with van der Waals surface area (Å²) in [5, 5.41) is 4.05. The molecule has 1 aliphatic carbocycles. The van der Waals surface area contributed by atoms with E-state index in [2.05, 4.69) is 10.1 Å². The highest BCUT2D eigenvalue weighted by Crippen LogP contribution is 2.28. The fraction of sp³-hybridized carbons (Fsp3) is 0.727. The van der Waals surface area contributed by atoms with Crippen molar-refractivity contribution in [2.75, 3.05) is 0 Å². The second-order valence-corrected chi connectivity index (χ2v) is 4.46. The van der Waals surface area contributed by atoms with Crippen molar-refractivity contribution in [1.29, 1.82) is 0 Å². The molecular weight excluding hydrogens is 204 g/mol. The van der Waals surface area contributed by atoms with Gasteiger partial charge in [-0.1, -0.05) is 12.8 Å². The minimum Gasteiger partial charge on any atom is -0.319 e. The summed E-state index contributed by atoms with van der Waals surface area (Å²) in [6.45, 7) is 2.72. The van der Waals surface area contributed by atoms with E-state index in [4.69, 9.17) is 5.73 Å². The first-order chi connectivity index (χ1) is 7.65. The number of rotatable bonds is 4. The number of aromatic nitrogens is 3. The van der Waals surface area contributed by atoms with Crippen LogP contribution in [0.15, 0.2) is 6.33 Å². The number of hydrogen-bond acceptors (Lipinski definition) is 4. The normalized spacial score (nSPS) is 18.9. The van der Waals surface area contributed by atoms with Crippen molar-refractivity contribution in [1.82, 2.24) is 14.8 Å². The maximum absolute atomic E-state index is 12.1. The average Bonchev–Trinajstić information content (AvgIpc) is 2.87. The molecule has 2 rings (SSSR count). The number of carbonyl (C=O) groups is 1. The molecule has 88 valence electrons. The summed E-state index contributed by atoms with van der Waals surface area (Å²) in [7, 11) is 0. The standard InChI is InChI=1S/C11H18N4O/c1-2-15-10(13-8-14-15)7-9(16)11(12)5-3-4-6-11/h8H,2-7,12H2,1H3. The first-order valence-corrected chi connectivity index (χ1v) is 5.84.